The van der Waals surface area contributed by atoms with E-state index in [4.69, 9.17) is 14.2 Å². The van der Waals surface area contributed by atoms with E-state index in [1.165, 1.54) is 5.56 Å². The number of hydrogen-bond acceptors (Lipinski definition) is 7. The Hall–Kier alpha value is -3.68. The predicted molar refractivity (Wildman–Crippen MR) is 113 cm³/mol. The second-order valence-electron chi connectivity index (χ2n) is 7.93. The van der Waals surface area contributed by atoms with Crippen molar-refractivity contribution in [1.82, 2.24) is 25.1 Å². The lowest BCUT2D eigenvalue weighted by atomic mass is 10.1. The lowest BCUT2D eigenvalue weighted by Crippen LogP contribution is -2.25. The van der Waals surface area contributed by atoms with Crippen molar-refractivity contribution in [3.63, 3.8) is 0 Å². The lowest BCUT2D eigenvalue weighted by molar-refractivity contribution is 0.355. The van der Waals surface area contributed by atoms with Crippen LogP contribution in [0.2, 0.25) is 0 Å². The molecule has 0 N–H and O–H groups in total. The van der Waals surface area contributed by atoms with Crippen molar-refractivity contribution in [3.8, 4) is 22.9 Å². The number of hydrogen-bond donors (Lipinski definition) is 0. The average Bonchev–Trinajstić information content (AvgIpc) is 3.59. The molecule has 4 aromatic rings. The largest absolute Gasteiger partial charge is 0.492 e. The highest BCUT2D eigenvalue weighted by Gasteiger charge is 2.33. The Balaban J connectivity index is 1.37. The SMILES string of the molecule is Cc1c[c]c(-n2nccn2)c(N2CCC[C@H]2c2noc(-c3cccc4c3OCC4)n2)c1. The van der Waals surface area contributed by atoms with Crippen molar-refractivity contribution in [2.75, 3.05) is 18.1 Å². The molecule has 1 saturated heterocycles. The zero-order valence-electron chi connectivity index (χ0n) is 17.2. The summed E-state index contributed by atoms with van der Waals surface area (Å²) in [7, 11) is 0. The van der Waals surface area contributed by atoms with E-state index in [9.17, 15) is 0 Å². The zero-order chi connectivity index (χ0) is 20.8. The van der Waals surface area contributed by atoms with E-state index in [2.05, 4.69) is 45.4 Å². The Bertz CT molecular complexity index is 1230. The molecule has 0 unspecified atom stereocenters. The molecule has 1 radical (unpaired) electrons. The fourth-order valence-corrected chi connectivity index (χ4v) is 4.48. The number of fused-ring (bicyclic) bond motifs is 1. The van der Waals surface area contributed by atoms with Crippen molar-refractivity contribution >= 4 is 5.69 Å². The quantitative estimate of drug-likeness (QED) is 0.504. The first kappa shape index (κ1) is 18.1. The lowest BCUT2D eigenvalue weighted by Gasteiger charge is -2.26. The van der Waals surface area contributed by atoms with Gasteiger partial charge in [-0.15, -0.1) is 4.80 Å². The smallest absolute Gasteiger partial charge is 0.261 e. The third-order valence-corrected chi connectivity index (χ3v) is 5.91. The highest BCUT2D eigenvalue weighted by molar-refractivity contribution is 5.67. The summed E-state index contributed by atoms with van der Waals surface area (Å²) in [4.78, 5) is 8.70. The van der Waals surface area contributed by atoms with Gasteiger partial charge in [0.2, 0.25) is 0 Å². The van der Waals surface area contributed by atoms with Crippen LogP contribution >= 0.6 is 0 Å². The second-order valence-corrected chi connectivity index (χ2v) is 7.93. The standard InChI is InChI=1S/C23H21N6O2/c1-15-7-8-18(29-24-10-11-25-29)20(14-15)28-12-3-6-19(28)22-26-23(31-27-22)17-5-2-4-16-9-13-30-21(16)17/h2,4-5,7,10-11,14,19H,3,6,9,12-13H2,1H3/t19-/m0/s1. The van der Waals surface area contributed by atoms with Crippen LogP contribution in [0.4, 0.5) is 5.69 Å². The van der Waals surface area contributed by atoms with E-state index >= 15 is 0 Å². The van der Waals surface area contributed by atoms with Crippen molar-refractivity contribution in [1.29, 1.82) is 0 Å². The Labute approximate surface area is 179 Å². The molecule has 31 heavy (non-hydrogen) atoms. The highest BCUT2D eigenvalue weighted by Crippen LogP contribution is 2.40. The molecule has 2 aliphatic heterocycles. The zero-order valence-corrected chi connectivity index (χ0v) is 17.2. The van der Waals surface area contributed by atoms with E-state index in [0.717, 1.165) is 54.1 Å². The van der Waals surface area contributed by atoms with Crippen molar-refractivity contribution in [2.24, 2.45) is 0 Å². The van der Waals surface area contributed by atoms with Gasteiger partial charge in [-0.2, -0.15) is 15.2 Å². The van der Waals surface area contributed by atoms with E-state index < -0.39 is 0 Å². The van der Waals surface area contributed by atoms with Gasteiger partial charge < -0.3 is 14.2 Å². The summed E-state index contributed by atoms with van der Waals surface area (Å²) >= 11 is 0. The van der Waals surface area contributed by atoms with Crippen molar-refractivity contribution < 1.29 is 9.26 Å². The molecule has 0 bridgehead atoms. The fourth-order valence-electron chi connectivity index (χ4n) is 4.48. The number of benzene rings is 2. The number of nitrogens with zero attached hydrogens (tertiary/aromatic N) is 6. The van der Waals surface area contributed by atoms with Crippen LogP contribution in [0.15, 0.2) is 47.2 Å². The monoisotopic (exact) mass is 413 g/mol. The maximum atomic E-state index is 5.82. The molecule has 8 heteroatoms. The molecular weight excluding hydrogens is 392 g/mol. The number of aromatic nitrogens is 5. The molecule has 4 heterocycles. The molecule has 2 aromatic carbocycles. The van der Waals surface area contributed by atoms with E-state index in [-0.39, 0.29) is 6.04 Å². The van der Waals surface area contributed by atoms with Gasteiger partial charge >= 0.3 is 0 Å². The summed E-state index contributed by atoms with van der Waals surface area (Å²) in [5.41, 5.74) is 5.02. The highest BCUT2D eigenvalue weighted by atomic mass is 16.5. The van der Waals surface area contributed by atoms with Gasteiger partial charge in [-0.3, -0.25) is 0 Å². The first-order chi connectivity index (χ1) is 15.3. The molecule has 2 aliphatic rings. The van der Waals surface area contributed by atoms with E-state index in [1.807, 2.05) is 18.2 Å². The molecule has 155 valence electrons. The first-order valence-corrected chi connectivity index (χ1v) is 10.5. The Morgan fingerprint density at radius 1 is 1.19 bits per heavy atom. The molecule has 0 amide bonds. The number of anilines is 1. The van der Waals surface area contributed by atoms with Crippen LogP contribution in [0.1, 0.15) is 35.8 Å². The van der Waals surface area contributed by atoms with Gasteiger partial charge in [0.05, 0.1) is 36.3 Å². The summed E-state index contributed by atoms with van der Waals surface area (Å²) in [6.45, 7) is 3.65. The van der Waals surface area contributed by atoms with Gasteiger partial charge in [-0.05, 0) is 49.1 Å². The van der Waals surface area contributed by atoms with Crippen molar-refractivity contribution in [2.45, 2.75) is 32.2 Å². The second kappa shape index (κ2) is 7.23. The summed E-state index contributed by atoms with van der Waals surface area (Å²) < 4.78 is 11.5. The molecular formula is C23H21N6O2. The summed E-state index contributed by atoms with van der Waals surface area (Å²) in [5, 5.41) is 13.0. The Morgan fingerprint density at radius 2 is 2.10 bits per heavy atom. The summed E-state index contributed by atoms with van der Waals surface area (Å²) in [6.07, 6.45) is 6.24. The number of rotatable bonds is 4. The topological polar surface area (TPSA) is 82.1 Å². The van der Waals surface area contributed by atoms with Crippen molar-refractivity contribution in [3.05, 3.63) is 65.7 Å². The van der Waals surface area contributed by atoms with Crippen LogP contribution in [0.25, 0.3) is 17.1 Å². The maximum Gasteiger partial charge on any atom is 0.261 e. The third kappa shape index (κ3) is 3.06. The van der Waals surface area contributed by atoms with Crippen LogP contribution in [-0.2, 0) is 6.42 Å². The van der Waals surface area contributed by atoms with Crippen LogP contribution in [-0.4, -0.2) is 38.3 Å². The van der Waals surface area contributed by atoms with Gasteiger partial charge in [0.15, 0.2) is 5.82 Å². The molecule has 0 spiro atoms. The molecule has 8 nitrogen and oxygen atoms in total. The molecule has 6 rings (SSSR count). The minimum Gasteiger partial charge on any atom is -0.492 e. The normalized spacial score (nSPS) is 17.7. The van der Waals surface area contributed by atoms with Crippen LogP contribution in [0, 0.1) is 13.0 Å². The van der Waals surface area contributed by atoms with Gasteiger partial charge in [0, 0.05) is 19.0 Å². The van der Waals surface area contributed by atoms with Gasteiger partial charge in [0.1, 0.15) is 11.4 Å². The molecule has 1 atom stereocenters. The van der Waals surface area contributed by atoms with Crippen LogP contribution < -0.4 is 9.64 Å². The van der Waals surface area contributed by atoms with E-state index in [0.29, 0.717) is 18.3 Å². The summed E-state index contributed by atoms with van der Waals surface area (Å²) in [6, 6.07) is 13.5. The number of para-hydroxylation sites is 1. The molecule has 0 saturated carbocycles. The molecule has 2 aromatic heterocycles. The molecule has 0 aliphatic carbocycles. The fraction of sp³-hybridized carbons (Fsp3) is 0.304. The van der Waals surface area contributed by atoms with Crippen LogP contribution in [0.5, 0.6) is 5.75 Å². The number of aryl methyl sites for hydroxylation is 1. The minimum atomic E-state index is 0.0136. The number of ether oxygens (including phenoxy) is 1. The van der Waals surface area contributed by atoms with Crippen LogP contribution in [0.3, 0.4) is 0 Å². The summed E-state index contributed by atoms with van der Waals surface area (Å²) in [5.74, 6) is 2.05. The van der Waals surface area contributed by atoms with Gasteiger partial charge in [-0.1, -0.05) is 17.3 Å². The average molecular weight is 413 g/mol. The Morgan fingerprint density at radius 3 is 3.00 bits per heavy atom. The molecule has 1 fully saturated rings. The Kier molecular flexibility index (Phi) is 4.22. The van der Waals surface area contributed by atoms with Gasteiger partial charge in [-0.25, -0.2) is 0 Å². The maximum absolute atomic E-state index is 5.82. The first-order valence-electron chi connectivity index (χ1n) is 10.5. The predicted octanol–water partition coefficient (Wildman–Crippen LogP) is 3.70. The van der Waals surface area contributed by atoms with Gasteiger partial charge in [0.25, 0.3) is 5.89 Å². The van der Waals surface area contributed by atoms with E-state index in [1.54, 1.807) is 17.2 Å². The third-order valence-electron chi connectivity index (χ3n) is 5.91. The minimum absolute atomic E-state index is 0.0136.